The van der Waals surface area contributed by atoms with Gasteiger partial charge in [0.1, 0.15) is 0 Å². The fourth-order valence-corrected chi connectivity index (χ4v) is 2.24. The van der Waals surface area contributed by atoms with E-state index >= 15 is 0 Å². The summed E-state index contributed by atoms with van der Waals surface area (Å²) >= 11 is 0. The van der Waals surface area contributed by atoms with Crippen LogP contribution in [-0.2, 0) is 0 Å². The molecule has 1 rings (SSSR count). The minimum Gasteiger partial charge on any atom is -0.383 e. The van der Waals surface area contributed by atoms with Crippen molar-refractivity contribution in [1.29, 1.82) is 0 Å². The van der Waals surface area contributed by atoms with Crippen LogP contribution in [0.15, 0.2) is 24.3 Å². The molecule has 2 unspecified atom stereocenters. The van der Waals surface area contributed by atoms with Crippen LogP contribution in [0.5, 0.6) is 0 Å². The van der Waals surface area contributed by atoms with Gasteiger partial charge in [0.15, 0.2) is 0 Å². The van der Waals surface area contributed by atoms with Gasteiger partial charge in [-0.2, -0.15) is 0 Å². The zero-order chi connectivity index (χ0) is 13.4. The van der Waals surface area contributed by atoms with Gasteiger partial charge in [0.05, 0.1) is 0 Å². The van der Waals surface area contributed by atoms with Gasteiger partial charge in [-0.25, -0.2) is 0 Å². The maximum Gasteiger partial charge on any atom is 0.0343 e. The highest BCUT2D eigenvalue weighted by Gasteiger charge is 2.02. The van der Waals surface area contributed by atoms with Crippen molar-refractivity contribution in [2.45, 2.75) is 65.5 Å². The summed E-state index contributed by atoms with van der Waals surface area (Å²) in [4.78, 5) is 0. The second kappa shape index (κ2) is 8.02. The maximum atomic E-state index is 3.52. The van der Waals surface area contributed by atoms with E-state index in [-0.39, 0.29) is 0 Å². The number of hydrogen-bond donors (Lipinski definition) is 2. The van der Waals surface area contributed by atoms with Gasteiger partial charge in [0.25, 0.3) is 0 Å². The third kappa shape index (κ3) is 5.44. The molecule has 0 heterocycles. The summed E-state index contributed by atoms with van der Waals surface area (Å²) in [5, 5.41) is 7.04. The molecule has 0 bridgehead atoms. The average molecular weight is 248 g/mol. The Morgan fingerprint density at radius 3 is 1.39 bits per heavy atom. The van der Waals surface area contributed by atoms with E-state index in [2.05, 4.69) is 62.6 Å². The molecule has 0 saturated carbocycles. The molecule has 0 amide bonds. The molecule has 0 fully saturated rings. The van der Waals surface area contributed by atoms with Crippen molar-refractivity contribution in [3.8, 4) is 0 Å². The van der Waals surface area contributed by atoms with Gasteiger partial charge >= 0.3 is 0 Å². The third-order valence-corrected chi connectivity index (χ3v) is 3.15. The topological polar surface area (TPSA) is 24.1 Å². The first-order chi connectivity index (χ1) is 8.65. The summed E-state index contributed by atoms with van der Waals surface area (Å²) in [7, 11) is 0. The van der Waals surface area contributed by atoms with E-state index in [0.717, 1.165) is 0 Å². The molecule has 1 aromatic carbocycles. The lowest BCUT2D eigenvalue weighted by molar-refractivity contribution is 0.689. The predicted molar refractivity (Wildman–Crippen MR) is 82.4 cm³/mol. The highest BCUT2D eigenvalue weighted by molar-refractivity contribution is 5.54. The first-order valence-electron chi connectivity index (χ1n) is 7.28. The first kappa shape index (κ1) is 14.9. The van der Waals surface area contributed by atoms with Gasteiger partial charge in [-0.05, 0) is 51.0 Å². The van der Waals surface area contributed by atoms with E-state index in [1.54, 1.807) is 0 Å². The Morgan fingerprint density at radius 1 is 0.778 bits per heavy atom. The summed E-state index contributed by atoms with van der Waals surface area (Å²) in [6.07, 6.45) is 4.88. The largest absolute Gasteiger partial charge is 0.383 e. The van der Waals surface area contributed by atoms with Gasteiger partial charge in [-0.15, -0.1) is 0 Å². The van der Waals surface area contributed by atoms with Crippen LogP contribution in [0.3, 0.4) is 0 Å². The lowest BCUT2D eigenvalue weighted by Gasteiger charge is -2.17. The van der Waals surface area contributed by atoms with Crippen LogP contribution >= 0.6 is 0 Å². The van der Waals surface area contributed by atoms with Crippen molar-refractivity contribution in [3.05, 3.63) is 24.3 Å². The normalized spacial score (nSPS) is 14.0. The molecule has 0 aliphatic heterocycles. The minimum absolute atomic E-state index is 0.549. The third-order valence-electron chi connectivity index (χ3n) is 3.15. The summed E-state index contributed by atoms with van der Waals surface area (Å²) in [6, 6.07) is 9.74. The van der Waals surface area contributed by atoms with E-state index in [9.17, 15) is 0 Å². The molecule has 2 atom stereocenters. The second-order valence-corrected chi connectivity index (χ2v) is 5.25. The average Bonchev–Trinajstić information content (AvgIpc) is 2.32. The number of hydrogen-bond acceptors (Lipinski definition) is 2. The molecular weight excluding hydrogens is 220 g/mol. The lowest BCUT2D eigenvalue weighted by Crippen LogP contribution is -2.15. The van der Waals surface area contributed by atoms with Gasteiger partial charge in [0.2, 0.25) is 0 Å². The van der Waals surface area contributed by atoms with Gasteiger partial charge < -0.3 is 10.6 Å². The lowest BCUT2D eigenvalue weighted by atomic mass is 10.1. The number of anilines is 2. The maximum absolute atomic E-state index is 3.52. The number of rotatable bonds is 8. The molecule has 0 saturated heterocycles. The van der Waals surface area contributed by atoms with Gasteiger partial charge in [-0.1, -0.05) is 26.7 Å². The molecule has 0 radical (unpaired) electrons. The molecule has 18 heavy (non-hydrogen) atoms. The van der Waals surface area contributed by atoms with Crippen LogP contribution in [0.25, 0.3) is 0 Å². The highest BCUT2D eigenvalue weighted by atomic mass is 14.9. The highest BCUT2D eigenvalue weighted by Crippen LogP contribution is 2.17. The molecule has 1 aromatic rings. The molecule has 2 nitrogen and oxygen atoms in total. The molecular formula is C16H28N2. The van der Waals surface area contributed by atoms with E-state index < -0.39 is 0 Å². The molecule has 0 aliphatic rings. The van der Waals surface area contributed by atoms with Crippen LogP contribution < -0.4 is 10.6 Å². The Morgan fingerprint density at radius 2 is 1.11 bits per heavy atom. The Balaban J connectivity index is 2.46. The van der Waals surface area contributed by atoms with Crippen molar-refractivity contribution in [1.82, 2.24) is 0 Å². The van der Waals surface area contributed by atoms with Crippen molar-refractivity contribution in [3.63, 3.8) is 0 Å². The summed E-state index contributed by atoms with van der Waals surface area (Å²) in [6.45, 7) is 8.92. The van der Waals surface area contributed by atoms with E-state index in [1.807, 2.05) is 0 Å². The second-order valence-electron chi connectivity index (χ2n) is 5.25. The molecule has 0 aromatic heterocycles. The standard InChI is InChI=1S/C16H28N2/c1-5-7-13(3)17-15-9-11-16(12-10-15)18-14(4)8-6-2/h9-14,17-18H,5-8H2,1-4H3. The zero-order valence-corrected chi connectivity index (χ0v) is 12.3. The Bertz CT molecular complexity index is 285. The predicted octanol–water partition coefficient (Wildman–Crippen LogP) is 4.89. The van der Waals surface area contributed by atoms with Crippen molar-refractivity contribution in [2.24, 2.45) is 0 Å². The van der Waals surface area contributed by atoms with E-state index in [1.165, 1.54) is 37.1 Å². The monoisotopic (exact) mass is 248 g/mol. The Kier molecular flexibility index (Phi) is 6.63. The minimum atomic E-state index is 0.549. The first-order valence-corrected chi connectivity index (χ1v) is 7.28. The fourth-order valence-electron chi connectivity index (χ4n) is 2.24. The Labute approximate surface area is 112 Å². The van der Waals surface area contributed by atoms with Crippen LogP contribution in [0.4, 0.5) is 11.4 Å². The fraction of sp³-hybridized carbons (Fsp3) is 0.625. The summed E-state index contributed by atoms with van der Waals surface area (Å²) in [5.74, 6) is 0. The molecule has 2 heteroatoms. The van der Waals surface area contributed by atoms with Gasteiger partial charge in [0, 0.05) is 23.5 Å². The van der Waals surface area contributed by atoms with Gasteiger partial charge in [-0.3, -0.25) is 0 Å². The van der Waals surface area contributed by atoms with Crippen LogP contribution in [0.1, 0.15) is 53.4 Å². The van der Waals surface area contributed by atoms with Crippen molar-refractivity contribution in [2.75, 3.05) is 10.6 Å². The molecule has 0 aliphatic carbocycles. The summed E-state index contributed by atoms with van der Waals surface area (Å²) in [5.41, 5.74) is 2.43. The smallest absolute Gasteiger partial charge is 0.0343 e. The molecule has 0 spiro atoms. The molecule has 102 valence electrons. The number of benzene rings is 1. The number of nitrogens with one attached hydrogen (secondary N) is 2. The van der Waals surface area contributed by atoms with Crippen molar-refractivity contribution >= 4 is 11.4 Å². The van der Waals surface area contributed by atoms with Crippen LogP contribution in [0, 0.1) is 0 Å². The Hall–Kier alpha value is -1.18. The van der Waals surface area contributed by atoms with E-state index in [0.29, 0.717) is 12.1 Å². The van der Waals surface area contributed by atoms with Crippen LogP contribution in [0.2, 0.25) is 0 Å². The van der Waals surface area contributed by atoms with Crippen molar-refractivity contribution < 1.29 is 0 Å². The summed E-state index contributed by atoms with van der Waals surface area (Å²) < 4.78 is 0. The quantitative estimate of drug-likeness (QED) is 0.684. The zero-order valence-electron chi connectivity index (χ0n) is 12.3. The SMILES string of the molecule is CCCC(C)Nc1ccc(NC(C)CCC)cc1. The van der Waals surface area contributed by atoms with Crippen LogP contribution in [-0.4, -0.2) is 12.1 Å². The van der Waals surface area contributed by atoms with E-state index in [4.69, 9.17) is 0 Å². The molecule has 2 N–H and O–H groups in total.